The Morgan fingerprint density at radius 3 is 1.01 bits per heavy atom. The van der Waals surface area contributed by atoms with Crippen LogP contribution in [0.15, 0.2) is 267 Å². The molecular weight excluding hydrogens is 1040 g/mol. The van der Waals surface area contributed by atoms with E-state index >= 15 is 0 Å². The largest absolute Gasteiger partial charge is 0.309 e. The summed E-state index contributed by atoms with van der Waals surface area (Å²) < 4.78 is 5.31. The van der Waals surface area contributed by atoms with Gasteiger partial charge in [-0.15, -0.1) is 0 Å². The van der Waals surface area contributed by atoms with Crippen LogP contribution in [0.5, 0.6) is 0 Å². The Kier molecular flexibility index (Phi) is 10.8. The van der Waals surface area contributed by atoms with Crippen molar-refractivity contribution in [2.75, 3.05) is 9.80 Å². The maximum absolute atomic E-state index is 2.65. The summed E-state index contributed by atoms with van der Waals surface area (Å²) in [5.41, 5.74) is 21.3. The van der Waals surface area contributed by atoms with E-state index in [1.54, 1.807) is 0 Å². The van der Waals surface area contributed by atoms with Gasteiger partial charge in [-0.2, -0.15) is 0 Å². The molecule has 0 aliphatic heterocycles. The molecule has 4 heteroatoms. The summed E-state index contributed by atoms with van der Waals surface area (Å²) in [5, 5.41) is 14.8. The van der Waals surface area contributed by atoms with E-state index in [2.05, 4.69) is 327 Å². The second-order valence-electron chi connectivity index (χ2n) is 25.6. The highest BCUT2D eigenvalue weighted by atomic mass is 15.2. The van der Waals surface area contributed by atoms with Crippen LogP contribution in [0.4, 0.5) is 34.1 Å². The Hall–Kier alpha value is -10.4. The van der Waals surface area contributed by atoms with Gasteiger partial charge in [0.15, 0.2) is 0 Å². The Balaban J connectivity index is 0.999. The molecule has 13 aromatic carbocycles. The van der Waals surface area contributed by atoms with Crippen LogP contribution < -0.4 is 9.80 Å². The van der Waals surface area contributed by atoms with E-state index < -0.39 is 0 Å². The number of para-hydroxylation sites is 4. The number of hydrogen-bond donors (Lipinski definition) is 0. The highest BCUT2D eigenvalue weighted by molar-refractivity contribution is 6.33. The highest BCUT2D eigenvalue weighted by Gasteiger charge is 2.33. The maximum atomic E-state index is 2.65. The van der Waals surface area contributed by atoms with Crippen LogP contribution in [0.2, 0.25) is 0 Å². The molecule has 4 heterocycles. The molecule has 0 spiro atoms. The predicted octanol–water partition coefficient (Wildman–Crippen LogP) is 23.2. The predicted molar refractivity (Wildman–Crippen MR) is 368 cm³/mol. The van der Waals surface area contributed by atoms with Crippen LogP contribution in [0.25, 0.3) is 120 Å². The molecule has 0 amide bonds. The van der Waals surface area contributed by atoms with Crippen molar-refractivity contribution in [2.45, 2.75) is 52.4 Å². The molecule has 0 N–H and O–H groups in total. The lowest BCUT2D eigenvalue weighted by Gasteiger charge is -2.29. The number of benzene rings is 13. The number of hydrogen-bond acceptors (Lipinski definition) is 2. The SMILES string of the molecule is CC(C)(C)c1cccc2c3c(N(c4ccccc4)c4ccc5ccccc5c4-c4ccccc4)ccc4c5cc6c(cc5n(c12)c43)c1ccc(N(c2ccccc2)c2ccc3ccccc3c2-c2ccccc2)c2c3cccc(C(C)(C)C)c3n6c12. The molecule has 0 aliphatic carbocycles. The second-order valence-corrected chi connectivity index (χ2v) is 25.6. The molecule has 17 rings (SSSR count). The molecule has 410 valence electrons. The maximum Gasteiger partial charge on any atom is 0.0641 e. The van der Waals surface area contributed by atoms with Gasteiger partial charge in [0.25, 0.3) is 0 Å². The molecule has 0 unspecified atom stereocenters. The number of anilines is 6. The van der Waals surface area contributed by atoms with Gasteiger partial charge in [-0.05, 0) is 115 Å². The Morgan fingerprint density at radius 2 is 0.616 bits per heavy atom. The first kappa shape index (κ1) is 50.1. The number of fused-ring (bicyclic) bond motifs is 14. The monoisotopic (exact) mass is 1100 g/mol. The lowest BCUT2D eigenvalue weighted by atomic mass is 9.85. The van der Waals surface area contributed by atoms with Crippen molar-refractivity contribution in [1.29, 1.82) is 0 Å². The average Bonchev–Trinajstić information content (AvgIpc) is 1.54. The van der Waals surface area contributed by atoms with Gasteiger partial charge in [-0.3, -0.25) is 0 Å². The van der Waals surface area contributed by atoms with Crippen molar-refractivity contribution in [3.63, 3.8) is 0 Å². The zero-order chi connectivity index (χ0) is 57.7. The standard InChI is InChI=1S/C82H62N4/c1-81(2,3)65-39-23-37-61-75-69(83(55-31-15-9-16-32-55)67-45-41-51-25-19-21-35-57(51)73(67)53-27-11-7-12-28-53)47-43-59-63-50-72-64(49-71(63)85(77(61)65)79(59)75)60-44-48-70(76-62-38-24-40-66(82(4,5)6)78(62)86(72)80(60)76)84(56-33-17-10-18-34-56)68-46-42-52-26-20-22-36-58(52)74(68)54-29-13-8-14-30-54/h7-50H,1-6H3. The summed E-state index contributed by atoms with van der Waals surface area (Å²) in [6.45, 7) is 14.2. The van der Waals surface area contributed by atoms with Crippen molar-refractivity contribution >= 4 is 132 Å². The topological polar surface area (TPSA) is 15.3 Å². The molecule has 0 fully saturated rings. The summed E-state index contributed by atoms with van der Waals surface area (Å²) in [6, 6.07) is 99.7. The van der Waals surface area contributed by atoms with Crippen LogP contribution in [0.3, 0.4) is 0 Å². The minimum absolute atomic E-state index is 0.163. The molecule has 0 bridgehead atoms. The van der Waals surface area contributed by atoms with Crippen LogP contribution in [0, 0.1) is 0 Å². The first-order chi connectivity index (χ1) is 42.0. The van der Waals surface area contributed by atoms with Gasteiger partial charge in [0.1, 0.15) is 0 Å². The van der Waals surface area contributed by atoms with E-state index in [9.17, 15) is 0 Å². The third-order valence-corrected chi connectivity index (χ3v) is 18.5. The van der Waals surface area contributed by atoms with Gasteiger partial charge in [0, 0.05) is 65.6 Å². The van der Waals surface area contributed by atoms with Gasteiger partial charge in [-0.1, -0.05) is 248 Å². The summed E-state index contributed by atoms with van der Waals surface area (Å²) in [5.74, 6) is 0. The van der Waals surface area contributed by atoms with Gasteiger partial charge in [0.05, 0.1) is 55.8 Å². The molecule has 0 saturated carbocycles. The summed E-state index contributed by atoms with van der Waals surface area (Å²) in [4.78, 5) is 5.07. The Labute approximate surface area is 500 Å². The van der Waals surface area contributed by atoms with Gasteiger partial charge >= 0.3 is 0 Å². The molecule has 0 atom stereocenters. The summed E-state index contributed by atoms with van der Waals surface area (Å²) >= 11 is 0. The smallest absolute Gasteiger partial charge is 0.0641 e. The first-order valence-electron chi connectivity index (χ1n) is 30.3. The molecule has 86 heavy (non-hydrogen) atoms. The zero-order valence-electron chi connectivity index (χ0n) is 49.2. The van der Waals surface area contributed by atoms with Crippen LogP contribution in [-0.4, -0.2) is 8.80 Å². The normalized spacial score (nSPS) is 12.5. The van der Waals surface area contributed by atoms with Gasteiger partial charge in [-0.25, -0.2) is 0 Å². The fraction of sp³-hybridized carbons (Fsp3) is 0.0976. The average molecular weight is 1100 g/mol. The fourth-order valence-electron chi connectivity index (χ4n) is 14.9. The third-order valence-electron chi connectivity index (χ3n) is 18.5. The van der Waals surface area contributed by atoms with E-state index in [0.717, 1.165) is 34.1 Å². The van der Waals surface area contributed by atoms with Crippen LogP contribution in [0.1, 0.15) is 52.7 Å². The fourth-order valence-corrected chi connectivity index (χ4v) is 14.9. The molecular formula is C82H62N4. The van der Waals surface area contributed by atoms with E-state index in [-0.39, 0.29) is 10.8 Å². The number of aromatic nitrogens is 2. The second kappa shape index (κ2) is 18.5. The van der Waals surface area contributed by atoms with Gasteiger partial charge in [0.2, 0.25) is 0 Å². The molecule has 4 nitrogen and oxygen atoms in total. The van der Waals surface area contributed by atoms with Crippen molar-refractivity contribution in [1.82, 2.24) is 8.80 Å². The van der Waals surface area contributed by atoms with Gasteiger partial charge < -0.3 is 18.6 Å². The van der Waals surface area contributed by atoms with Crippen molar-refractivity contribution in [3.8, 4) is 22.3 Å². The van der Waals surface area contributed by atoms with E-state index in [4.69, 9.17) is 0 Å². The van der Waals surface area contributed by atoms with E-state index in [1.165, 1.54) is 131 Å². The highest BCUT2D eigenvalue weighted by Crippen LogP contribution is 2.55. The molecule has 0 aliphatic rings. The third kappa shape index (κ3) is 7.23. The summed E-state index contributed by atoms with van der Waals surface area (Å²) in [7, 11) is 0. The minimum atomic E-state index is -0.163. The lowest BCUT2D eigenvalue weighted by Crippen LogP contribution is -2.12. The van der Waals surface area contributed by atoms with Crippen LogP contribution >= 0.6 is 0 Å². The molecule has 4 aromatic heterocycles. The first-order valence-corrected chi connectivity index (χ1v) is 30.3. The van der Waals surface area contributed by atoms with Crippen molar-refractivity contribution < 1.29 is 0 Å². The van der Waals surface area contributed by atoms with E-state index in [0.29, 0.717) is 0 Å². The number of nitrogens with zero attached hydrogens (tertiary/aromatic N) is 4. The molecule has 0 radical (unpaired) electrons. The number of rotatable bonds is 8. The van der Waals surface area contributed by atoms with E-state index in [1.807, 2.05) is 0 Å². The molecule has 17 aromatic rings. The van der Waals surface area contributed by atoms with Crippen molar-refractivity contribution in [3.05, 3.63) is 278 Å². The van der Waals surface area contributed by atoms with Crippen molar-refractivity contribution in [2.24, 2.45) is 0 Å². The Morgan fingerprint density at radius 1 is 0.267 bits per heavy atom. The lowest BCUT2D eigenvalue weighted by molar-refractivity contribution is 0.594. The zero-order valence-corrected chi connectivity index (χ0v) is 49.2. The molecule has 0 saturated heterocycles. The van der Waals surface area contributed by atoms with Crippen LogP contribution in [-0.2, 0) is 10.8 Å². The minimum Gasteiger partial charge on any atom is -0.309 e. The summed E-state index contributed by atoms with van der Waals surface area (Å²) in [6.07, 6.45) is 0. The quantitative estimate of drug-likeness (QED) is 0.151. The Bertz CT molecular complexity index is 5180.